The molecule has 2 aromatic carbocycles. The summed E-state index contributed by atoms with van der Waals surface area (Å²) < 4.78 is 7.65. The minimum absolute atomic E-state index is 0.150. The molecular formula is C27H24Br2ClNO3. The van der Waals surface area contributed by atoms with Crippen molar-refractivity contribution in [1.29, 1.82) is 0 Å². The fourth-order valence-electron chi connectivity index (χ4n) is 5.35. The lowest BCUT2D eigenvalue weighted by atomic mass is 9.71. The molecule has 4 nitrogen and oxygen atoms in total. The van der Waals surface area contributed by atoms with Crippen LogP contribution in [0.3, 0.4) is 0 Å². The zero-order chi connectivity index (χ0) is 24.0. The Morgan fingerprint density at radius 1 is 0.941 bits per heavy atom. The predicted molar refractivity (Wildman–Crippen MR) is 140 cm³/mol. The highest BCUT2D eigenvalue weighted by Crippen LogP contribution is 2.50. The molecule has 2 aromatic rings. The van der Waals surface area contributed by atoms with Gasteiger partial charge < -0.3 is 9.64 Å². The number of carbonyl (C=O) groups excluding carboxylic acids is 2. The molecule has 0 atom stereocenters. The normalized spacial score (nSPS) is 18.9. The van der Waals surface area contributed by atoms with Crippen molar-refractivity contribution in [2.24, 2.45) is 0 Å². The number of benzene rings is 2. The number of nitrogens with zero attached hydrogens (tertiary/aromatic N) is 1. The van der Waals surface area contributed by atoms with Gasteiger partial charge in [0.2, 0.25) is 0 Å². The second kappa shape index (κ2) is 9.63. The third-order valence-corrected chi connectivity index (χ3v) is 8.28. The fourth-order valence-corrected chi connectivity index (χ4v) is 7.02. The van der Waals surface area contributed by atoms with Crippen molar-refractivity contribution in [1.82, 2.24) is 4.90 Å². The molecular weight excluding hydrogens is 582 g/mol. The number of allylic oxidation sites excluding steroid dienone is 4. The van der Waals surface area contributed by atoms with Crippen LogP contribution < -0.4 is 4.74 Å². The van der Waals surface area contributed by atoms with Crippen LogP contribution in [0.4, 0.5) is 0 Å². The lowest BCUT2D eigenvalue weighted by Gasteiger charge is -2.42. The van der Waals surface area contributed by atoms with Crippen molar-refractivity contribution in [2.45, 2.75) is 51.0 Å². The third-order valence-electron chi connectivity index (χ3n) is 6.87. The Labute approximate surface area is 221 Å². The SMILES string of the molecule is CN1C2=C(C(=O)CCC2)C(c2cc(Br)c(OCc3cccc(Cl)c3)c(Br)c2)C2=C1CCCC2=O. The van der Waals surface area contributed by atoms with Gasteiger partial charge in [0.25, 0.3) is 0 Å². The lowest BCUT2D eigenvalue weighted by molar-refractivity contribution is -0.117. The number of ether oxygens (including phenoxy) is 1. The summed E-state index contributed by atoms with van der Waals surface area (Å²) in [6.45, 7) is 0.368. The molecule has 0 saturated heterocycles. The summed E-state index contributed by atoms with van der Waals surface area (Å²) in [5.74, 6) is 0.634. The smallest absolute Gasteiger partial charge is 0.161 e. The largest absolute Gasteiger partial charge is 0.487 e. The molecule has 0 spiro atoms. The van der Waals surface area contributed by atoms with E-state index in [1.165, 1.54) is 0 Å². The minimum Gasteiger partial charge on any atom is -0.487 e. The number of hydrogen-bond donors (Lipinski definition) is 0. The Bertz CT molecular complexity index is 1200. The van der Waals surface area contributed by atoms with Gasteiger partial charge in [0.15, 0.2) is 11.6 Å². The summed E-state index contributed by atoms with van der Waals surface area (Å²) in [7, 11) is 2.01. The number of ketones is 2. The Morgan fingerprint density at radius 3 is 2.09 bits per heavy atom. The van der Waals surface area contributed by atoms with Gasteiger partial charge in [-0.05, 0) is 92.9 Å². The second-order valence-electron chi connectivity index (χ2n) is 9.00. The molecule has 1 aliphatic heterocycles. The van der Waals surface area contributed by atoms with E-state index in [-0.39, 0.29) is 17.5 Å². The molecule has 176 valence electrons. The van der Waals surface area contributed by atoms with Crippen molar-refractivity contribution in [3.8, 4) is 5.75 Å². The lowest BCUT2D eigenvalue weighted by Crippen LogP contribution is -2.37. The summed E-state index contributed by atoms with van der Waals surface area (Å²) in [6, 6.07) is 11.6. The van der Waals surface area contributed by atoms with Gasteiger partial charge in [-0.25, -0.2) is 0 Å². The highest BCUT2D eigenvalue weighted by atomic mass is 79.9. The molecule has 3 aliphatic rings. The van der Waals surface area contributed by atoms with Gasteiger partial charge in [-0.15, -0.1) is 0 Å². The van der Waals surface area contributed by atoms with Crippen LogP contribution in [0.25, 0.3) is 0 Å². The monoisotopic (exact) mass is 603 g/mol. The van der Waals surface area contributed by atoms with Crippen molar-refractivity contribution in [3.63, 3.8) is 0 Å². The first-order chi connectivity index (χ1) is 16.3. The van der Waals surface area contributed by atoms with Gasteiger partial charge in [0.05, 0.1) is 8.95 Å². The molecule has 0 unspecified atom stereocenters. The van der Waals surface area contributed by atoms with E-state index in [4.69, 9.17) is 16.3 Å². The molecule has 0 N–H and O–H groups in total. The molecule has 7 heteroatoms. The van der Waals surface area contributed by atoms with Crippen LogP contribution in [0, 0.1) is 0 Å². The molecule has 0 aromatic heterocycles. The van der Waals surface area contributed by atoms with E-state index < -0.39 is 0 Å². The zero-order valence-corrected chi connectivity index (χ0v) is 22.7. The van der Waals surface area contributed by atoms with Gasteiger partial charge in [0, 0.05) is 53.4 Å². The van der Waals surface area contributed by atoms with Crippen LogP contribution in [-0.4, -0.2) is 23.5 Å². The summed E-state index contributed by atoms with van der Waals surface area (Å²) in [4.78, 5) is 28.5. The first-order valence-electron chi connectivity index (χ1n) is 11.5. The highest BCUT2D eigenvalue weighted by Gasteiger charge is 2.42. The third kappa shape index (κ3) is 4.29. The number of halogens is 3. The Hall–Kier alpha value is -1.89. The topological polar surface area (TPSA) is 46.6 Å². The van der Waals surface area contributed by atoms with E-state index in [1.807, 2.05) is 43.4 Å². The number of Topliss-reactive ketones (excluding diaryl/α,β-unsaturated/α-hetero) is 2. The van der Waals surface area contributed by atoms with Crippen molar-refractivity contribution in [2.75, 3.05) is 7.05 Å². The average molecular weight is 606 g/mol. The summed E-state index contributed by atoms with van der Waals surface area (Å²) in [5.41, 5.74) is 5.61. The maximum atomic E-state index is 13.2. The van der Waals surface area contributed by atoms with Gasteiger partial charge in [-0.2, -0.15) is 0 Å². The number of rotatable bonds is 4. The molecule has 34 heavy (non-hydrogen) atoms. The van der Waals surface area contributed by atoms with E-state index in [2.05, 4.69) is 36.8 Å². The maximum absolute atomic E-state index is 13.2. The van der Waals surface area contributed by atoms with Gasteiger partial charge >= 0.3 is 0 Å². The van der Waals surface area contributed by atoms with Crippen LogP contribution in [0.5, 0.6) is 5.75 Å². The first kappa shape index (κ1) is 23.8. The Kier molecular flexibility index (Phi) is 6.75. The first-order valence-corrected chi connectivity index (χ1v) is 13.4. The Morgan fingerprint density at radius 2 is 1.53 bits per heavy atom. The van der Waals surface area contributed by atoms with Gasteiger partial charge in [0.1, 0.15) is 12.4 Å². The van der Waals surface area contributed by atoms with E-state index in [1.54, 1.807) is 0 Å². The van der Waals surface area contributed by atoms with Crippen LogP contribution in [0.1, 0.15) is 55.6 Å². The van der Waals surface area contributed by atoms with Crippen LogP contribution in [0.2, 0.25) is 5.02 Å². The maximum Gasteiger partial charge on any atom is 0.161 e. The summed E-state index contributed by atoms with van der Waals surface area (Å²) in [5, 5.41) is 0.666. The standard InChI is InChI=1S/C27H24Br2ClNO3/c1-31-20-7-3-9-22(32)25(20)24(26-21(31)8-4-10-23(26)33)16-12-18(28)27(19(29)13-16)34-14-15-5-2-6-17(30)11-15/h2,5-6,11-13,24H,3-4,7-10,14H2,1H3. The van der Waals surface area contributed by atoms with Crippen LogP contribution >= 0.6 is 43.5 Å². The highest BCUT2D eigenvalue weighted by molar-refractivity contribution is 9.11. The van der Waals surface area contributed by atoms with Crippen LogP contribution in [0.15, 0.2) is 67.9 Å². The van der Waals surface area contributed by atoms with E-state index in [9.17, 15) is 9.59 Å². The minimum atomic E-state index is -0.337. The fraction of sp³-hybridized carbons (Fsp3) is 0.333. The molecule has 5 rings (SSSR count). The predicted octanol–water partition coefficient (Wildman–Crippen LogP) is 7.49. The zero-order valence-electron chi connectivity index (χ0n) is 18.8. The molecule has 0 amide bonds. The van der Waals surface area contributed by atoms with Gasteiger partial charge in [-0.3, -0.25) is 9.59 Å². The summed E-state index contributed by atoms with van der Waals surface area (Å²) >= 11 is 13.5. The average Bonchev–Trinajstić information content (AvgIpc) is 2.80. The molecule has 0 bridgehead atoms. The molecule has 0 saturated carbocycles. The second-order valence-corrected chi connectivity index (χ2v) is 11.1. The van der Waals surface area contributed by atoms with E-state index in [0.29, 0.717) is 30.2 Å². The van der Waals surface area contributed by atoms with Crippen molar-refractivity contribution < 1.29 is 14.3 Å². The molecule has 0 radical (unpaired) electrons. The Balaban J connectivity index is 1.56. The van der Waals surface area contributed by atoms with E-state index in [0.717, 1.165) is 68.3 Å². The number of carbonyl (C=O) groups is 2. The molecule has 0 fully saturated rings. The van der Waals surface area contributed by atoms with Crippen molar-refractivity contribution in [3.05, 3.63) is 84.0 Å². The van der Waals surface area contributed by atoms with Crippen molar-refractivity contribution >= 4 is 55.0 Å². The molecule has 1 heterocycles. The quantitative estimate of drug-likeness (QED) is 0.363. The van der Waals surface area contributed by atoms with Gasteiger partial charge in [-0.1, -0.05) is 23.7 Å². The van der Waals surface area contributed by atoms with E-state index >= 15 is 0 Å². The van der Waals surface area contributed by atoms with Crippen LogP contribution in [-0.2, 0) is 16.2 Å². The summed E-state index contributed by atoms with van der Waals surface area (Å²) in [6.07, 6.45) is 4.50. The number of hydrogen-bond acceptors (Lipinski definition) is 4. The molecule has 2 aliphatic carbocycles.